The average Bonchev–Trinajstić information content (AvgIpc) is 2.65. The van der Waals surface area contributed by atoms with Crippen molar-refractivity contribution >= 4 is 5.91 Å². The summed E-state index contributed by atoms with van der Waals surface area (Å²) in [5, 5.41) is 6.91. The van der Waals surface area contributed by atoms with Crippen LogP contribution in [0.4, 0.5) is 0 Å². The fraction of sp³-hybridized carbons (Fsp3) is 0.714. The second-order valence-corrected chi connectivity index (χ2v) is 5.53. The number of nitrogens with one attached hydrogen (secondary N) is 1. The molecule has 0 fully saturated rings. The van der Waals surface area contributed by atoms with Crippen LogP contribution in [0, 0.1) is 25.7 Å². The van der Waals surface area contributed by atoms with E-state index < -0.39 is 0 Å². The highest BCUT2D eigenvalue weighted by Crippen LogP contribution is 2.21. The average molecular weight is 267 g/mol. The van der Waals surface area contributed by atoms with E-state index in [0.29, 0.717) is 12.5 Å². The third kappa shape index (κ3) is 4.06. The first-order chi connectivity index (χ1) is 8.86. The molecule has 0 aromatic carbocycles. The fourth-order valence-electron chi connectivity index (χ4n) is 2.39. The van der Waals surface area contributed by atoms with E-state index >= 15 is 0 Å². The maximum atomic E-state index is 12.2. The minimum Gasteiger partial charge on any atom is -0.361 e. The molecule has 3 N–H and O–H groups in total. The number of carbonyl (C=O) groups excluding carboxylic acids is 1. The Kier molecular flexibility index (Phi) is 5.54. The van der Waals surface area contributed by atoms with E-state index in [1.165, 1.54) is 0 Å². The van der Waals surface area contributed by atoms with Crippen molar-refractivity contribution in [2.45, 2.75) is 47.1 Å². The number of carbonyl (C=O) groups is 1. The van der Waals surface area contributed by atoms with Crippen LogP contribution >= 0.6 is 0 Å². The van der Waals surface area contributed by atoms with Crippen molar-refractivity contribution in [1.82, 2.24) is 10.5 Å². The van der Waals surface area contributed by atoms with Crippen LogP contribution in [0.2, 0.25) is 0 Å². The van der Waals surface area contributed by atoms with Crippen LogP contribution in [0.15, 0.2) is 4.52 Å². The summed E-state index contributed by atoms with van der Waals surface area (Å²) in [5.41, 5.74) is 7.45. The highest BCUT2D eigenvalue weighted by Gasteiger charge is 2.23. The summed E-state index contributed by atoms with van der Waals surface area (Å²) < 4.78 is 5.12. The number of nitrogens with zero attached hydrogens (tertiary/aromatic N) is 1. The van der Waals surface area contributed by atoms with E-state index in [2.05, 4.69) is 24.3 Å². The predicted molar refractivity (Wildman–Crippen MR) is 74.5 cm³/mol. The number of hydrogen-bond acceptors (Lipinski definition) is 4. The van der Waals surface area contributed by atoms with E-state index in [4.69, 9.17) is 10.3 Å². The third-order valence-electron chi connectivity index (χ3n) is 3.29. The van der Waals surface area contributed by atoms with Gasteiger partial charge in [-0.1, -0.05) is 19.0 Å². The molecule has 1 heterocycles. The van der Waals surface area contributed by atoms with Crippen LogP contribution in [0.25, 0.3) is 0 Å². The van der Waals surface area contributed by atoms with Gasteiger partial charge in [0.1, 0.15) is 5.76 Å². The molecule has 0 spiro atoms. The summed E-state index contributed by atoms with van der Waals surface area (Å²) in [7, 11) is 0. The molecule has 0 saturated carbocycles. The third-order valence-corrected chi connectivity index (χ3v) is 3.29. The second kappa shape index (κ2) is 6.70. The number of aryl methyl sites for hydroxylation is 2. The maximum Gasteiger partial charge on any atom is 0.224 e. The van der Waals surface area contributed by atoms with Crippen LogP contribution in [-0.4, -0.2) is 17.6 Å². The Hall–Kier alpha value is -1.36. The maximum absolute atomic E-state index is 12.2. The molecule has 1 aromatic rings. The first-order valence-corrected chi connectivity index (χ1v) is 6.80. The first kappa shape index (κ1) is 15.7. The summed E-state index contributed by atoms with van der Waals surface area (Å²) in [6.45, 7) is 10.2. The van der Waals surface area contributed by atoms with Crippen molar-refractivity contribution in [2.24, 2.45) is 17.6 Å². The molecule has 1 rings (SSSR count). The van der Waals surface area contributed by atoms with E-state index in [-0.39, 0.29) is 17.9 Å². The van der Waals surface area contributed by atoms with Crippen molar-refractivity contribution in [2.75, 3.05) is 6.54 Å². The van der Waals surface area contributed by atoms with Crippen LogP contribution in [0.5, 0.6) is 0 Å². The number of amides is 1. The molecule has 0 radical (unpaired) electrons. The van der Waals surface area contributed by atoms with Gasteiger partial charge in [0.25, 0.3) is 0 Å². The van der Waals surface area contributed by atoms with Gasteiger partial charge in [0.2, 0.25) is 5.91 Å². The van der Waals surface area contributed by atoms with Crippen LogP contribution in [-0.2, 0) is 4.79 Å². The lowest BCUT2D eigenvalue weighted by molar-refractivity contribution is -0.125. The van der Waals surface area contributed by atoms with Gasteiger partial charge in [0.05, 0.1) is 17.7 Å². The predicted octanol–water partition coefficient (Wildman–Crippen LogP) is 2.09. The molecule has 0 bridgehead atoms. The van der Waals surface area contributed by atoms with Crippen molar-refractivity contribution in [3.63, 3.8) is 0 Å². The summed E-state index contributed by atoms with van der Waals surface area (Å²) in [6.07, 6.45) is 0.802. The number of hydrogen-bond donors (Lipinski definition) is 2. The molecule has 0 saturated heterocycles. The lowest BCUT2D eigenvalue weighted by Gasteiger charge is -2.20. The summed E-state index contributed by atoms with van der Waals surface area (Å²) in [4.78, 5) is 12.2. The van der Waals surface area contributed by atoms with Crippen molar-refractivity contribution in [3.05, 3.63) is 17.0 Å². The molecule has 0 aliphatic heterocycles. The normalized spacial score (nSPS) is 14.5. The summed E-state index contributed by atoms with van der Waals surface area (Å²) >= 11 is 0. The molecule has 2 atom stereocenters. The molecule has 5 nitrogen and oxygen atoms in total. The molecule has 2 unspecified atom stereocenters. The monoisotopic (exact) mass is 267 g/mol. The Bertz CT molecular complexity index is 407. The molecular weight excluding hydrogens is 242 g/mol. The Labute approximate surface area is 114 Å². The molecule has 1 aromatic heterocycles. The van der Waals surface area contributed by atoms with Gasteiger partial charge >= 0.3 is 0 Å². The molecule has 0 aliphatic rings. The van der Waals surface area contributed by atoms with E-state index in [1.807, 2.05) is 20.8 Å². The molecule has 0 aliphatic carbocycles. The van der Waals surface area contributed by atoms with Crippen molar-refractivity contribution in [1.29, 1.82) is 0 Å². The fourth-order valence-corrected chi connectivity index (χ4v) is 2.39. The standard InChI is InChI=1S/C14H25N3O2/c1-8(2)6-12(7-15)14(18)16-9(3)13-10(4)17-19-11(13)5/h8-9,12H,6-7,15H2,1-5H3,(H,16,18). The minimum absolute atomic E-state index is 0.00343. The quantitative estimate of drug-likeness (QED) is 0.827. The lowest BCUT2D eigenvalue weighted by Crippen LogP contribution is -2.37. The molecular formula is C14H25N3O2. The van der Waals surface area contributed by atoms with E-state index in [9.17, 15) is 4.79 Å². The summed E-state index contributed by atoms with van der Waals surface area (Å²) in [5.74, 6) is 1.07. The van der Waals surface area contributed by atoms with Crippen molar-refractivity contribution in [3.8, 4) is 0 Å². The largest absolute Gasteiger partial charge is 0.361 e. The van der Waals surface area contributed by atoms with Gasteiger partial charge in [-0.3, -0.25) is 4.79 Å². The van der Waals surface area contributed by atoms with Gasteiger partial charge in [0, 0.05) is 12.1 Å². The number of rotatable bonds is 6. The highest BCUT2D eigenvalue weighted by atomic mass is 16.5. The first-order valence-electron chi connectivity index (χ1n) is 6.80. The Morgan fingerprint density at radius 1 is 1.37 bits per heavy atom. The van der Waals surface area contributed by atoms with Gasteiger partial charge < -0.3 is 15.6 Å². The summed E-state index contributed by atoms with van der Waals surface area (Å²) in [6, 6.07) is -0.111. The van der Waals surface area contributed by atoms with Crippen molar-refractivity contribution < 1.29 is 9.32 Å². The van der Waals surface area contributed by atoms with Crippen LogP contribution in [0.1, 0.15) is 50.3 Å². The zero-order valence-corrected chi connectivity index (χ0v) is 12.5. The second-order valence-electron chi connectivity index (χ2n) is 5.53. The Balaban J connectivity index is 2.70. The molecule has 19 heavy (non-hydrogen) atoms. The number of aromatic nitrogens is 1. The van der Waals surface area contributed by atoms with Gasteiger partial charge in [-0.15, -0.1) is 0 Å². The zero-order chi connectivity index (χ0) is 14.6. The molecule has 108 valence electrons. The number of nitrogens with two attached hydrogens (primary N) is 1. The molecule has 1 amide bonds. The Morgan fingerprint density at radius 2 is 2.00 bits per heavy atom. The van der Waals surface area contributed by atoms with Gasteiger partial charge in [-0.05, 0) is 33.1 Å². The Morgan fingerprint density at radius 3 is 2.42 bits per heavy atom. The topological polar surface area (TPSA) is 81.2 Å². The minimum atomic E-state index is -0.136. The SMILES string of the molecule is Cc1noc(C)c1C(C)NC(=O)C(CN)CC(C)C. The zero-order valence-electron chi connectivity index (χ0n) is 12.5. The van der Waals surface area contributed by atoms with E-state index in [1.54, 1.807) is 0 Å². The highest BCUT2D eigenvalue weighted by molar-refractivity contribution is 5.79. The van der Waals surface area contributed by atoms with Crippen LogP contribution < -0.4 is 11.1 Å². The van der Waals surface area contributed by atoms with E-state index in [0.717, 1.165) is 23.4 Å². The van der Waals surface area contributed by atoms with Gasteiger partial charge in [0.15, 0.2) is 0 Å². The smallest absolute Gasteiger partial charge is 0.224 e. The van der Waals surface area contributed by atoms with Gasteiger partial charge in [-0.25, -0.2) is 0 Å². The van der Waals surface area contributed by atoms with Gasteiger partial charge in [-0.2, -0.15) is 0 Å². The lowest BCUT2D eigenvalue weighted by atomic mass is 9.95. The van der Waals surface area contributed by atoms with Crippen LogP contribution in [0.3, 0.4) is 0 Å². The molecule has 5 heteroatoms.